The van der Waals surface area contributed by atoms with Crippen molar-refractivity contribution in [3.05, 3.63) is 22.3 Å². The highest BCUT2D eigenvalue weighted by Crippen LogP contribution is 2.44. The molecule has 2 N–H and O–H groups in total. The van der Waals surface area contributed by atoms with Crippen LogP contribution in [0.4, 0.5) is 0 Å². The van der Waals surface area contributed by atoms with E-state index in [9.17, 15) is 5.11 Å². The van der Waals surface area contributed by atoms with E-state index in [1.54, 1.807) is 0 Å². The minimum absolute atomic E-state index is 0.0897. The molecule has 3 nitrogen and oxygen atoms in total. The van der Waals surface area contributed by atoms with Crippen molar-refractivity contribution >= 4 is 0 Å². The molecule has 0 saturated heterocycles. The van der Waals surface area contributed by atoms with E-state index < -0.39 is 0 Å². The smallest absolute Gasteiger partial charge is 0.127 e. The largest absolute Gasteiger partial charge is 0.507 e. The van der Waals surface area contributed by atoms with Gasteiger partial charge in [-0.25, -0.2) is 0 Å². The molecule has 1 aliphatic heterocycles. The molecule has 0 fully saturated rings. The lowest BCUT2D eigenvalue weighted by Gasteiger charge is -2.38. The fraction of sp³-hybridized carbons (Fsp3) is 0.793. The Morgan fingerprint density at radius 2 is 1.34 bits per heavy atom. The monoisotopic (exact) mass is 446 g/mol. The van der Waals surface area contributed by atoms with Crippen LogP contribution in [-0.2, 0) is 6.42 Å². The van der Waals surface area contributed by atoms with Gasteiger partial charge in [-0.05, 0) is 94.2 Å². The Kier molecular flexibility index (Phi) is 10.4. The zero-order chi connectivity index (χ0) is 23.9. The summed E-state index contributed by atoms with van der Waals surface area (Å²) in [7, 11) is 0. The summed E-state index contributed by atoms with van der Waals surface area (Å²) in [4.78, 5) is 0. The number of phenolic OH excluding ortho intramolecular Hbond substituents is 1. The van der Waals surface area contributed by atoms with Crippen LogP contribution in [-0.4, -0.2) is 22.4 Å². The number of ether oxygens (including phenoxy) is 1. The van der Waals surface area contributed by atoms with Gasteiger partial charge >= 0.3 is 0 Å². The van der Waals surface area contributed by atoms with Crippen LogP contribution in [0.15, 0.2) is 0 Å². The van der Waals surface area contributed by atoms with Gasteiger partial charge in [-0.1, -0.05) is 59.3 Å². The molecule has 4 atom stereocenters. The first kappa shape index (κ1) is 27.0. The number of rotatable bonds is 13. The number of hydrogen-bond acceptors (Lipinski definition) is 3. The van der Waals surface area contributed by atoms with Gasteiger partial charge in [0, 0.05) is 12.2 Å². The van der Waals surface area contributed by atoms with Gasteiger partial charge in [0.1, 0.15) is 17.1 Å². The van der Waals surface area contributed by atoms with Crippen molar-refractivity contribution in [3.63, 3.8) is 0 Å². The van der Waals surface area contributed by atoms with E-state index >= 15 is 0 Å². The van der Waals surface area contributed by atoms with Gasteiger partial charge in [-0.2, -0.15) is 0 Å². The minimum atomic E-state index is -0.0897. The first-order chi connectivity index (χ1) is 15.1. The van der Waals surface area contributed by atoms with Crippen LogP contribution in [0, 0.1) is 38.5 Å². The van der Waals surface area contributed by atoms with E-state index in [2.05, 4.69) is 34.6 Å². The number of hydrogen-bond donors (Lipinski definition) is 2. The Labute approximate surface area is 198 Å². The van der Waals surface area contributed by atoms with Gasteiger partial charge < -0.3 is 14.9 Å². The summed E-state index contributed by atoms with van der Waals surface area (Å²) in [6, 6.07) is 0. The van der Waals surface area contributed by atoms with E-state index in [-0.39, 0.29) is 5.60 Å². The lowest BCUT2D eigenvalue weighted by atomic mass is 9.84. The highest BCUT2D eigenvalue weighted by Gasteiger charge is 2.34. The molecule has 2 rings (SSSR count). The highest BCUT2D eigenvalue weighted by molar-refractivity contribution is 5.58. The molecule has 0 saturated carbocycles. The number of aliphatic hydroxyl groups excluding tert-OH is 1. The molecule has 0 aliphatic carbocycles. The maximum Gasteiger partial charge on any atom is 0.127 e. The molecule has 1 aliphatic rings. The van der Waals surface area contributed by atoms with Crippen molar-refractivity contribution in [1.82, 2.24) is 0 Å². The summed E-state index contributed by atoms with van der Waals surface area (Å²) >= 11 is 0. The average molecular weight is 447 g/mol. The first-order valence-electron chi connectivity index (χ1n) is 13.2. The molecular formula is C29H50O3. The van der Waals surface area contributed by atoms with Crippen molar-refractivity contribution in [3.8, 4) is 11.5 Å². The maximum atomic E-state index is 10.4. The Bertz CT molecular complexity index is 726. The SMILES string of the molecule is Cc1c(C)c2c(c(C)c1O)CC[C@@](C)(CCC[C@H](C)CCC[C@H](C)CCCC(C)CO)O2. The van der Waals surface area contributed by atoms with E-state index in [0.29, 0.717) is 18.3 Å². The Morgan fingerprint density at radius 1 is 0.812 bits per heavy atom. The van der Waals surface area contributed by atoms with Gasteiger partial charge in [-0.3, -0.25) is 0 Å². The summed E-state index contributed by atoms with van der Waals surface area (Å²) in [5.41, 5.74) is 4.17. The van der Waals surface area contributed by atoms with Crippen molar-refractivity contribution in [2.24, 2.45) is 17.8 Å². The lowest BCUT2D eigenvalue weighted by molar-refractivity contribution is 0.0512. The Hall–Kier alpha value is -1.22. The zero-order valence-corrected chi connectivity index (χ0v) is 22.0. The lowest BCUT2D eigenvalue weighted by Crippen LogP contribution is -2.37. The molecular weight excluding hydrogens is 396 g/mol. The molecule has 3 heteroatoms. The van der Waals surface area contributed by atoms with Crippen LogP contribution in [0.5, 0.6) is 11.5 Å². The van der Waals surface area contributed by atoms with Crippen LogP contribution in [0.3, 0.4) is 0 Å². The third-order valence-electron chi connectivity index (χ3n) is 8.09. The number of phenols is 1. The fourth-order valence-corrected chi connectivity index (χ4v) is 5.30. The second-order valence-electron chi connectivity index (χ2n) is 11.3. The fourth-order valence-electron chi connectivity index (χ4n) is 5.30. The molecule has 1 aromatic carbocycles. The van der Waals surface area contributed by atoms with Crippen LogP contribution in [0.1, 0.15) is 114 Å². The molecule has 0 bridgehead atoms. The Balaban J connectivity index is 1.71. The van der Waals surface area contributed by atoms with Crippen molar-refractivity contribution < 1.29 is 14.9 Å². The van der Waals surface area contributed by atoms with E-state index in [0.717, 1.165) is 60.0 Å². The first-order valence-corrected chi connectivity index (χ1v) is 13.2. The van der Waals surface area contributed by atoms with E-state index in [1.807, 2.05) is 13.8 Å². The third kappa shape index (κ3) is 7.40. The molecule has 1 unspecified atom stereocenters. The van der Waals surface area contributed by atoms with Crippen LogP contribution in [0.25, 0.3) is 0 Å². The van der Waals surface area contributed by atoms with Crippen LogP contribution >= 0.6 is 0 Å². The summed E-state index contributed by atoms with van der Waals surface area (Å²) < 4.78 is 6.60. The average Bonchev–Trinajstić information content (AvgIpc) is 2.75. The quantitative estimate of drug-likeness (QED) is 0.325. The zero-order valence-electron chi connectivity index (χ0n) is 22.0. The molecule has 0 aromatic heterocycles. The third-order valence-corrected chi connectivity index (χ3v) is 8.09. The number of aromatic hydroxyl groups is 1. The molecule has 1 aromatic rings. The highest BCUT2D eigenvalue weighted by atomic mass is 16.5. The van der Waals surface area contributed by atoms with Gasteiger partial charge in [0.25, 0.3) is 0 Å². The van der Waals surface area contributed by atoms with Crippen molar-refractivity contribution in [1.29, 1.82) is 0 Å². The van der Waals surface area contributed by atoms with Gasteiger partial charge in [0.05, 0.1) is 0 Å². The second kappa shape index (κ2) is 12.3. The predicted molar refractivity (Wildman–Crippen MR) is 136 cm³/mol. The number of benzene rings is 1. The van der Waals surface area contributed by atoms with Crippen LogP contribution < -0.4 is 4.74 Å². The van der Waals surface area contributed by atoms with Gasteiger partial charge in [0.15, 0.2) is 0 Å². The van der Waals surface area contributed by atoms with Gasteiger partial charge in [0.2, 0.25) is 0 Å². The molecule has 0 radical (unpaired) electrons. The van der Waals surface area contributed by atoms with E-state index in [4.69, 9.17) is 9.84 Å². The van der Waals surface area contributed by atoms with Crippen molar-refractivity contribution in [2.45, 2.75) is 125 Å². The van der Waals surface area contributed by atoms with Crippen molar-refractivity contribution in [2.75, 3.05) is 6.61 Å². The molecule has 0 amide bonds. The second-order valence-corrected chi connectivity index (χ2v) is 11.3. The molecule has 32 heavy (non-hydrogen) atoms. The summed E-state index contributed by atoms with van der Waals surface area (Å²) in [5, 5.41) is 19.5. The predicted octanol–water partition coefficient (Wildman–Crippen LogP) is 7.81. The summed E-state index contributed by atoms with van der Waals surface area (Å²) in [6.07, 6.45) is 13.3. The topological polar surface area (TPSA) is 49.7 Å². The summed E-state index contributed by atoms with van der Waals surface area (Å²) in [5.74, 6) is 3.50. The normalized spacial score (nSPS) is 21.0. The van der Waals surface area contributed by atoms with E-state index in [1.165, 1.54) is 50.5 Å². The number of aliphatic hydroxyl groups is 1. The number of fused-ring (bicyclic) bond motifs is 1. The summed E-state index contributed by atoms with van der Waals surface area (Å²) in [6.45, 7) is 15.6. The maximum absolute atomic E-state index is 10.4. The van der Waals surface area contributed by atoms with Gasteiger partial charge in [-0.15, -0.1) is 0 Å². The Morgan fingerprint density at radius 3 is 1.91 bits per heavy atom. The standard InChI is InChI=1S/C29H50O3/c1-20(13-9-14-22(3)19-30)11-8-12-21(2)15-10-17-29(7)18-16-26-25(6)27(31)23(4)24(5)28(26)32-29/h20-22,30-31H,8-19H2,1-7H3/t20-,21+,22?,29+/m0/s1. The molecule has 1 heterocycles. The minimum Gasteiger partial charge on any atom is -0.507 e. The van der Waals surface area contributed by atoms with Crippen LogP contribution in [0.2, 0.25) is 0 Å². The molecule has 184 valence electrons. The molecule has 0 spiro atoms.